The number of hydrogen-bond acceptors (Lipinski definition) is 3. The van der Waals surface area contributed by atoms with E-state index in [-0.39, 0.29) is 0 Å². The van der Waals surface area contributed by atoms with Gasteiger partial charge in [0.1, 0.15) is 0 Å². The van der Waals surface area contributed by atoms with E-state index in [0.29, 0.717) is 19.1 Å². The third-order valence-corrected chi connectivity index (χ3v) is 4.29. The summed E-state index contributed by atoms with van der Waals surface area (Å²) in [5.74, 6) is 0. The summed E-state index contributed by atoms with van der Waals surface area (Å²) in [5, 5.41) is 3.48. The third kappa shape index (κ3) is 6.79. The molecule has 0 radical (unpaired) electrons. The summed E-state index contributed by atoms with van der Waals surface area (Å²) in [6.45, 7) is 2.15. The Balaban J connectivity index is 1.57. The number of alkyl halides is 3. The Morgan fingerprint density at radius 1 is 1.17 bits per heavy atom. The minimum Gasteiger partial charge on any atom is -0.375 e. The first kappa shape index (κ1) is 18.1. The van der Waals surface area contributed by atoms with Crippen LogP contribution in [0.5, 0.6) is 0 Å². The molecule has 2 rings (SSSR count). The van der Waals surface area contributed by atoms with Crippen LogP contribution in [0.2, 0.25) is 0 Å². The summed E-state index contributed by atoms with van der Waals surface area (Å²) in [6.07, 6.45) is -1.47. The van der Waals surface area contributed by atoms with Gasteiger partial charge in [0.05, 0.1) is 6.54 Å². The fourth-order valence-electron chi connectivity index (χ4n) is 2.98. The minimum absolute atomic E-state index is 0.349. The van der Waals surface area contributed by atoms with E-state index < -0.39 is 12.7 Å². The number of benzene rings is 1. The molecular weight excluding hydrogens is 303 g/mol. The average molecular weight is 329 g/mol. The van der Waals surface area contributed by atoms with Gasteiger partial charge in [-0.3, -0.25) is 4.90 Å². The van der Waals surface area contributed by atoms with Gasteiger partial charge in [-0.15, -0.1) is 0 Å². The van der Waals surface area contributed by atoms with Crippen LogP contribution in [0.3, 0.4) is 0 Å². The summed E-state index contributed by atoms with van der Waals surface area (Å²) in [7, 11) is 2.07. The average Bonchev–Trinajstić information content (AvgIpc) is 2.52. The highest BCUT2D eigenvalue weighted by molar-refractivity contribution is 5.44. The molecular formula is C17H26F3N3. The number of likely N-dealkylation sites (tertiary alicyclic amines) is 1. The Morgan fingerprint density at radius 2 is 1.83 bits per heavy atom. The van der Waals surface area contributed by atoms with Crippen LogP contribution in [-0.4, -0.2) is 56.9 Å². The van der Waals surface area contributed by atoms with Gasteiger partial charge in [-0.2, -0.15) is 13.2 Å². The maximum absolute atomic E-state index is 12.3. The van der Waals surface area contributed by atoms with E-state index in [2.05, 4.69) is 29.4 Å². The molecule has 1 heterocycles. The van der Waals surface area contributed by atoms with Gasteiger partial charge < -0.3 is 10.2 Å². The SMILES string of the molecule is CN(CCCNC1CCN(CC(F)(F)F)CC1)c1ccccc1. The summed E-state index contributed by atoms with van der Waals surface area (Å²) >= 11 is 0. The number of nitrogens with zero attached hydrogens (tertiary/aromatic N) is 2. The Bertz CT molecular complexity index is 442. The lowest BCUT2D eigenvalue weighted by Gasteiger charge is -2.33. The Hall–Kier alpha value is -1.27. The molecule has 1 N–H and O–H groups in total. The van der Waals surface area contributed by atoms with Gasteiger partial charge in [0, 0.05) is 25.3 Å². The molecule has 1 saturated heterocycles. The van der Waals surface area contributed by atoms with Crippen molar-refractivity contribution in [2.45, 2.75) is 31.5 Å². The van der Waals surface area contributed by atoms with E-state index in [0.717, 1.165) is 32.4 Å². The number of piperidine rings is 1. The van der Waals surface area contributed by atoms with Gasteiger partial charge in [0.15, 0.2) is 0 Å². The van der Waals surface area contributed by atoms with Crippen LogP contribution in [0.1, 0.15) is 19.3 Å². The zero-order valence-corrected chi connectivity index (χ0v) is 13.6. The Kier molecular flexibility index (Phi) is 6.72. The molecule has 0 bridgehead atoms. The maximum atomic E-state index is 12.3. The van der Waals surface area contributed by atoms with Crippen LogP contribution < -0.4 is 10.2 Å². The van der Waals surface area contributed by atoms with Gasteiger partial charge >= 0.3 is 6.18 Å². The summed E-state index contributed by atoms with van der Waals surface area (Å²) < 4.78 is 37.0. The largest absolute Gasteiger partial charge is 0.401 e. The second-order valence-electron chi connectivity index (χ2n) is 6.23. The third-order valence-electron chi connectivity index (χ3n) is 4.29. The minimum atomic E-state index is -4.08. The molecule has 0 aliphatic carbocycles. The molecule has 3 nitrogen and oxygen atoms in total. The molecule has 1 fully saturated rings. The Morgan fingerprint density at radius 3 is 2.43 bits per heavy atom. The fourth-order valence-corrected chi connectivity index (χ4v) is 2.98. The first-order valence-electron chi connectivity index (χ1n) is 8.23. The molecule has 0 saturated carbocycles. The molecule has 0 spiro atoms. The molecule has 1 aliphatic rings. The predicted molar refractivity (Wildman–Crippen MR) is 87.8 cm³/mol. The first-order valence-corrected chi connectivity index (χ1v) is 8.23. The maximum Gasteiger partial charge on any atom is 0.401 e. The van der Waals surface area contributed by atoms with Crippen molar-refractivity contribution >= 4 is 5.69 Å². The van der Waals surface area contributed by atoms with Crippen LogP contribution >= 0.6 is 0 Å². The highest BCUT2D eigenvalue weighted by Gasteiger charge is 2.32. The van der Waals surface area contributed by atoms with Gasteiger partial charge in [0.2, 0.25) is 0 Å². The summed E-state index contributed by atoms with van der Waals surface area (Å²) in [5.41, 5.74) is 1.20. The molecule has 130 valence electrons. The fraction of sp³-hybridized carbons (Fsp3) is 0.647. The lowest BCUT2D eigenvalue weighted by Crippen LogP contribution is -2.45. The van der Waals surface area contributed by atoms with Crippen LogP contribution in [-0.2, 0) is 0 Å². The quantitative estimate of drug-likeness (QED) is 0.776. The van der Waals surface area contributed by atoms with Gasteiger partial charge in [0.25, 0.3) is 0 Å². The number of anilines is 1. The normalized spacial score (nSPS) is 17.4. The van der Waals surface area contributed by atoms with Crippen LogP contribution in [0.4, 0.5) is 18.9 Å². The molecule has 1 aliphatic heterocycles. The number of para-hydroxylation sites is 1. The smallest absolute Gasteiger partial charge is 0.375 e. The van der Waals surface area contributed by atoms with E-state index in [9.17, 15) is 13.2 Å². The topological polar surface area (TPSA) is 18.5 Å². The number of nitrogens with one attached hydrogen (secondary N) is 1. The summed E-state index contributed by atoms with van der Waals surface area (Å²) in [4.78, 5) is 3.72. The van der Waals surface area contributed by atoms with E-state index in [1.165, 1.54) is 10.6 Å². The van der Waals surface area contributed by atoms with E-state index in [1.54, 1.807) is 0 Å². The lowest BCUT2D eigenvalue weighted by molar-refractivity contribution is -0.148. The van der Waals surface area contributed by atoms with Crippen molar-refractivity contribution in [3.63, 3.8) is 0 Å². The monoisotopic (exact) mass is 329 g/mol. The van der Waals surface area contributed by atoms with Crippen molar-refractivity contribution in [2.24, 2.45) is 0 Å². The van der Waals surface area contributed by atoms with Crippen molar-refractivity contribution in [1.29, 1.82) is 0 Å². The van der Waals surface area contributed by atoms with Crippen LogP contribution in [0, 0.1) is 0 Å². The predicted octanol–water partition coefficient (Wildman–Crippen LogP) is 3.13. The van der Waals surface area contributed by atoms with Crippen LogP contribution in [0.15, 0.2) is 30.3 Å². The lowest BCUT2D eigenvalue weighted by atomic mass is 10.0. The molecule has 1 aromatic rings. The highest BCUT2D eigenvalue weighted by Crippen LogP contribution is 2.19. The van der Waals surface area contributed by atoms with E-state index in [4.69, 9.17) is 0 Å². The molecule has 0 atom stereocenters. The van der Waals surface area contributed by atoms with Crippen molar-refractivity contribution in [1.82, 2.24) is 10.2 Å². The highest BCUT2D eigenvalue weighted by atomic mass is 19.4. The molecule has 6 heteroatoms. The number of hydrogen-bond donors (Lipinski definition) is 1. The molecule has 1 aromatic carbocycles. The first-order chi connectivity index (χ1) is 10.9. The zero-order chi connectivity index (χ0) is 16.7. The molecule has 23 heavy (non-hydrogen) atoms. The van der Waals surface area contributed by atoms with Crippen molar-refractivity contribution in [3.05, 3.63) is 30.3 Å². The van der Waals surface area contributed by atoms with Gasteiger partial charge in [-0.05, 0) is 51.0 Å². The Labute approximate surface area is 136 Å². The number of rotatable bonds is 7. The van der Waals surface area contributed by atoms with Crippen molar-refractivity contribution in [3.8, 4) is 0 Å². The van der Waals surface area contributed by atoms with Crippen molar-refractivity contribution in [2.75, 3.05) is 44.7 Å². The summed E-state index contributed by atoms with van der Waals surface area (Å²) in [6, 6.07) is 10.6. The molecule has 0 unspecified atom stereocenters. The standard InChI is InChI=1S/C17H26F3N3/c1-22(16-6-3-2-4-7-16)11-5-10-21-15-8-12-23(13-9-15)14-17(18,19)20/h2-4,6-7,15,21H,5,8-14H2,1H3. The second kappa shape index (κ2) is 8.55. The van der Waals surface area contributed by atoms with E-state index >= 15 is 0 Å². The second-order valence-corrected chi connectivity index (χ2v) is 6.23. The van der Waals surface area contributed by atoms with Crippen LogP contribution in [0.25, 0.3) is 0 Å². The molecule has 0 aromatic heterocycles. The van der Waals surface area contributed by atoms with E-state index in [1.807, 2.05) is 18.2 Å². The number of halogens is 3. The van der Waals surface area contributed by atoms with Gasteiger partial charge in [-0.25, -0.2) is 0 Å². The van der Waals surface area contributed by atoms with Crippen molar-refractivity contribution < 1.29 is 13.2 Å². The zero-order valence-electron chi connectivity index (χ0n) is 13.6. The van der Waals surface area contributed by atoms with Gasteiger partial charge in [-0.1, -0.05) is 18.2 Å². The molecule has 0 amide bonds.